The van der Waals surface area contributed by atoms with E-state index in [0.717, 1.165) is 5.75 Å². The van der Waals surface area contributed by atoms with E-state index in [-0.39, 0.29) is 12.1 Å². The Kier molecular flexibility index (Phi) is 7.80. The summed E-state index contributed by atoms with van der Waals surface area (Å²) >= 11 is 1.67. The van der Waals surface area contributed by atoms with Crippen LogP contribution >= 0.6 is 11.8 Å². The highest BCUT2D eigenvalue weighted by Crippen LogP contribution is 2.24. The van der Waals surface area contributed by atoms with E-state index in [0.29, 0.717) is 12.4 Å². The normalized spacial score (nSPS) is 13.6. The molecule has 0 aromatic heterocycles. The molecule has 0 amide bonds. The van der Waals surface area contributed by atoms with Gasteiger partial charge in [0.25, 0.3) is 0 Å². The number of hydrogen-bond acceptors (Lipinski definition) is 5. The molecule has 0 N–H and O–H groups in total. The Morgan fingerprint density at radius 1 is 1.31 bits per heavy atom. The molecule has 0 aliphatic carbocycles. The van der Waals surface area contributed by atoms with Crippen LogP contribution in [0.25, 0.3) is 0 Å². The molecule has 0 radical (unpaired) electrons. The Labute approximate surface area is 102 Å². The van der Waals surface area contributed by atoms with Crippen molar-refractivity contribution in [2.75, 3.05) is 39.4 Å². The first-order chi connectivity index (χ1) is 7.47. The first-order valence-corrected chi connectivity index (χ1v) is 6.31. The van der Waals surface area contributed by atoms with Crippen LogP contribution in [-0.2, 0) is 19.0 Å². The molecule has 16 heavy (non-hydrogen) atoms. The number of esters is 1. The molecule has 5 heteroatoms. The van der Waals surface area contributed by atoms with E-state index in [9.17, 15) is 4.79 Å². The summed E-state index contributed by atoms with van der Waals surface area (Å²) in [5.41, 5.74) is -0.454. The molecule has 0 heterocycles. The lowest BCUT2D eigenvalue weighted by Crippen LogP contribution is -2.29. The fourth-order valence-corrected chi connectivity index (χ4v) is 2.39. The van der Waals surface area contributed by atoms with Crippen molar-refractivity contribution in [3.63, 3.8) is 0 Å². The van der Waals surface area contributed by atoms with Gasteiger partial charge in [0.2, 0.25) is 0 Å². The number of hydrogen-bond donors (Lipinski definition) is 0. The van der Waals surface area contributed by atoms with Crippen molar-refractivity contribution in [1.29, 1.82) is 0 Å². The Balaban J connectivity index is 3.91. The van der Waals surface area contributed by atoms with Crippen LogP contribution in [0.1, 0.15) is 13.8 Å². The zero-order valence-electron chi connectivity index (χ0n) is 10.7. The van der Waals surface area contributed by atoms with Crippen LogP contribution in [0.5, 0.6) is 0 Å². The van der Waals surface area contributed by atoms with Crippen LogP contribution < -0.4 is 0 Å². The van der Waals surface area contributed by atoms with Crippen LogP contribution in [0.3, 0.4) is 0 Å². The van der Waals surface area contributed by atoms with Gasteiger partial charge < -0.3 is 14.2 Å². The van der Waals surface area contributed by atoms with Gasteiger partial charge in [0.1, 0.15) is 0 Å². The van der Waals surface area contributed by atoms with Gasteiger partial charge in [-0.05, 0) is 13.8 Å². The zero-order chi connectivity index (χ0) is 12.6. The molecule has 0 fully saturated rings. The SMILES string of the molecule is COCC(CSCC(C)(C)C(=O)OC)OC. The summed E-state index contributed by atoms with van der Waals surface area (Å²) in [5, 5.41) is 0. The summed E-state index contributed by atoms with van der Waals surface area (Å²) in [7, 11) is 4.72. The number of ether oxygens (including phenoxy) is 3. The average Bonchev–Trinajstić information content (AvgIpc) is 2.26. The first-order valence-electron chi connectivity index (χ1n) is 5.15. The lowest BCUT2D eigenvalue weighted by molar-refractivity contribution is -0.149. The minimum absolute atomic E-state index is 0.0726. The van der Waals surface area contributed by atoms with E-state index >= 15 is 0 Å². The molecule has 4 nitrogen and oxygen atoms in total. The number of carbonyl (C=O) groups excluding carboxylic acids is 1. The lowest BCUT2D eigenvalue weighted by atomic mass is 9.97. The number of carbonyl (C=O) groups is 1. The van der Waals surface area contributed by atoms with Crippen LogP contribution in [0.2, 0.25) is 0 Å². The summed E-state index contributed by atoms with van der Waals surface area (Å²) < 4.78 is 15.0. The van der Waals surface area contributed by atoms with Gasteiger partial charge in [-0.15, -0.1) is 0 Å². The predicted octanol–water partition coefficient (Wildman–Crippen LogP) is 1.58. The van der Waals surface area contributed by atoms with Gasteiger partial charge in [0.15, 0.2) is 0 Å². The molecule has 1 atom stereocenters. The summed E-state index contributed by atoms with van der Waals surface area (Å²) in [5.74, 6) is 1.34. The van der Waals surface area contributed by atoms with Gasteiger partial charge in [-0.1, -0.05) is 0 Å². The van der Waals surface area contributed by atoms with Crippen molar-refractivity contribution in [1.82, 2.24) is 0 Å². The van der Waals surface area contributed by atoms with Gasteiger partial charge in [0, 0.05) is 25.7 Å². The maximum atomic E-state index is 11.4. The minimum Gasteiger partial charge on any atom is -0.469 e. The van der Waals surface area contributed by atoms with E-state index in [1.165, 1.54) is 7.11 Å². The van der Waals surface area contributed by atoms with E-state index in [4.69, 9.17) is 14.2 Å². The molecular formula is C11H22O4S. The second-order valence-electron chi connectivity index (χ2n) is 4.20. The molecule has 0 aromatic carbocycles. The van der Waals surface area contributed by atoms with Crippen molar-refractivity contribution >= 4 is 17.7 Å². The van der Waals surface area contributed by atoms with Crippen LogP contribution in [-0.4, -0.2) is 51.5 Å². The summed E-state index contributed by atoms with van der Waals surface area (Å²) in [6.45, 7) is 4.33. The Hall–Kier alpha value is -0.260. The van der Waals surface area contributed by atoms with Crippen LogP contribution in [0.15, 0.2) is 0 Å². The molecule has 0 saturated heterocycles. The smallest absolute Gasteiger partial charge is 0.312 e. The third kappa shape index (κ3) is 5.72. The number of thioether (sulfide) groups is 1. The fraction of sp³-hybridized carbons (Fsp3) is 0.909. The fourth-order valence-electron chi connectivity index (χ4n) is 1.15. The Morgan fingerprint density at radius 2 is 1.94 bits per heavy atom. The van der Waals surface area contributed by atoms with Gasteiger partial charge in [-0.3, -0.25) is 4.79 Å². The molecule has 0 aliphatic rings. The van der Waals surface area contributed by atoms with Gasteiger partial charge in [-0.25, -0.2) is 0 Å². The molecular weight excluding hydrogens is 228 g/mol. The number of rotatable bonds is 8. The second kappa shape index (κ2) is 7.92. The molecule has 0 rings (SSSR count). The topological polar surface area (TPSA) is 44.8 Å². The van der Waals surface area contributed by atoms with E-state index in [2.05, 4.69) is 0 Å². The summed E-state index contributed by atoms with van der Waals surface area (Å²) in [4.78, 5) is 11.4. The minimum atomic E-state index is -0.454. The van der Waals surface area contributed by atoms with E-state index in [1.54, 1.807) is 26.0 Å². The maximum Gasteiger partial charge on any atom is 0.312 e. The standard InChI is InChI=1S/C11H22O4S/c1-11(2,10(12)15-5)8-16-7-9(14-4)6-13-3/h9H,6-8H2,1-5H3. The van der Waals surface area contributed by atoms with Crippen molar-refractivity contribution in [3.05, 3.63) is 0 Å². The monoisotopic (exact) mass is 250 g/mol. The van der Waals surface area contributed by atoms with Gasteiger partial charge in [0.05, 0.1) is 25.2 Å². The third-order valence-corrected chi connectivity index (χ3v) is 3.72. The van der Waals surface area contributed by atoms with Crippen LogP contribution in [0.4, 0.5) is 0 Å². The third-order valence-electron chi connectivity index (χ3n) is 2.19. The van der Waals surface area contributed by atoms with Gasteiger partial charge in [-0.2, -0.15) is 11.8 Å². The van der Waals surface area contributed by atoms with Gasteiger partial charge >= 0.3 is 5.97 Å². The van der Waals surface area contributed by atoms with Crippen molar-refractivity contribution in [2.24, 2.45) is 5.41 Å². The zero-order valence-corrected chi connectivity index (χ0v) is 11.6. The van der Waals surface area contributed by atoms with Crippen molar-refractivity contribution in [2.45, 2.75) is 20.0 Å². The van der Waals surface area contributed by atoms with E-state index < -0.39 is 5.41 Å². The highest BCUT2D eigenvalue weighted by atomic mass is 32.2. The first kappa shape index (κ1) is 15.7. The summed E-state index contributed by atoms with van der Waals surface area (Å²) in [6, 6.07) is 0. The van der Waals surface area contributed by atoms with Crippen LogP contribution in [0, 0.1) is 5.41 Å². The van der Waals surface area contributed by atoms with Crippen molar-refractivity contribution < 1.29 is 19.0 Å². The molecule has 0 aromatic rings. The molecule has 0 spiro atoms. The molecule has 0 aliphatic heterocycles. The highest BCUT2D eigenvalue weighted by molar-refractivity contribution is 7.99. The lowest BCUT2D eigenvalue weighted by Gasteiger charge is -2.22. The molecule has 1 unspecified atom stereocenters. The van der Waals surface area contributed by atoms with E-state index in [1.807, 2.05) is 13.8 Å². The Bertz CT molecular complexity index is 206. The molecule has 0 saturated carbocycles. The second-order valence-corrected chi connectivity index (χ2v) is 5.23. The maximum absolute atomic E-state index is 11.4. The highest BCUT2D eigenvalue weighted by Gasteiger charge is 2.28. The predicted molar refractivity (Wildman–Crippen MR) is 65.8 cm³/mol. The largest absolute Gasteiger partial charge is 0.469 e. The molecule has 96 valence electrons. The van der Waals surface area contributed by atoms with Crippen molar-refractivity contribution in [3.8, 4) is 0 Å². The quantitative estimate of drug-likeness (QED) is 0.612. The summed E-state index contributed by atoms with van der Waals surface area (Å²) in [6.07, 6.45) is 0.0726. The number of methoxy groups -OCH3 is 3. The average molecular weight is 250 g/mol. The molecule has 0 bridgehead atoms. The Morgan fingerprint density at radius 3 is 2.38 bits per heavy atom.